The zero-order valence-electron chi connectivity index (χ0n) is 11.5. The van der Waals surface area contributed by atoms with Crippen LogP contribution < -0.4 is 4.90 Å². The first-order chi connectivity index (χ1) is 10.2. The third-order valence-electron chi connectivity index (χ3n) is 3.50. The Morgan fingerprint density at radius 3 is 2.62 bits per heavy atom. The van der Waals surface area contributed by atoms with Gasteiger partial charge in [-0.25, -0.2) is 9.67 Å². The van der Waals surface area contributed by atoms with Crippen molar-refractivity contribution in [3.63, 3.8) is 0 Å². The van der Waals surface area contributed by atoms with E-state index in [1.54, 1.807) is 15.9 Å². The highest BCUT2D eigenvalue weighted by atomic mass is 16.5. The second kappa shape index (κ2) is 5.35. The molecule has 1 aliphatic heterocycles. The Bertz CT molecular complexity index is 651. The molecule has 2 heterocycles. The average Bonchev–Trinajstić information content (AvgIpc) is 3.16. The minimum atomic E-state index is -0.391. The van der Waals surface area contributed by atoms with Crippen LogP contribution in [-0.4, -0.2) is 40.3 Å². The van der Waals surface area contributed by atoms with Gasteiger partial charge in [-0.15, -0.1) is 0 Å². The number of hydrogen-bond acceptors (Lipinski definition) is 5. The molecule has 0 N–H and O–H groups in total. The van der Waals surface area contributed by atoms with Gasteiger partial charge in [0, 0.05) is 18.7 Å². The van der Waals surface area contributed by atoms with Gasteiger partial charge in [-0.3, -0.25) is 9.59 Å². The van der Waals surface area contributed by atoms with Gasteiger partial charge in [0.15, 0.2) is 0 Å². The summed E-state index contributed by atoms with van der Waals surface area (Å²) in [5.74, 6) is -0.804. The van der Waals surface area contributed by atoms with E-state index in [0.29, 0.717) is 6.54 Å². The van der Waals surface area contributed by atoms with Crippen LogP contribution in [0.1, 0.15) is 6.42 Å². The minimum absolute atomic E-state index is 0.0705. The molecule has 0 bridgehead atoms. The van der Waals surface area contributed by atoms with Crippen molar-refractivity contribution in [2.24, 2.45) is 5.92 Å². The van der Waals surface area contributed by atoms with Crippen LogP contribution in [0.25, 0.3) is 5.69 Å². The number of amides is 1. The second-order valence-corrected chi connectivity index (χ2v) is 4.78. The van der Waals surface area contributed by atoms with Gasteiger partial charge >= 0.3 is 5.97 Å². The van der Waals surface area contributed by atoms with Gasteiger partial charge in [-0.05, 0) is 24.3 Å². The monoisotopic (exact) mass is 286 g/mol. The van der Waals surface area contributed by atoms with Crippen molar-refractivity contribution in [3.05, 3.63) is 36.9 Å². The summed E-state index contributed by atoms with van der Waals surface area (Å²) in [6, 6.07) is 7.36. The topological polar surface area (TPSA) is 77.3 Å². The van der Waals surface area contributed by atoms with E-state index in [9.17, 15) is 9.59 Å². The van der Waals surface area contributed by atoms with Crippen molar-refractivity contribution >= 4 is 17.6 Å². The van der Waals surface area contributed by atoms with Crippen LogP contribution in [0, 0.1) is 5.92 Å². The predicted molar refractivity (Wildman–Crippen MR) is 73.8 cm³/mol. The first kappa shape index (κ1) is 13.3. The maximum Gasteiger partial charge on any atom is 0.311 e. The molecule has 7 nitrogen and oxygen atoms in total. The van der Waals surface area contributed by atoms with Crippen LogP contribution in [0.15, 0.2) is 36.9 Å². The fourth-order valence-electron chi connectivity index (χ4n) is 2.41. The van der Waals surface area contributed by atoms with E-state index in [-0.39, 0.29) is 18.3 Å². The number of methoxy groups -OCH3 is 1. The number of hydrogen-bond donors (Lipinski definition) is 0. The molecule has 108 valence electrons. The molecule has 1 aromatic heterocycles. The molecule has 1 aromatic carbocycles. The zero-order valence-corrected chi connectivity index (χ0v) is 11.5. The van der Waals surface area contributed by atoms with Crippen LogP contribution in [-0.2, 0) is 14.3 Å². The Kier molecular flexibility index (Phi) is 3.39. The quantitative estimate of drug-likeness (QED) is 0.780. The number of aromatic nitrogens is 3. The van der Waals surface area contributed by atoms with Gasteiger partial charge in [-0.1, -0.05) is 0 Å². The summed E-state index contributed by atoms with van der Waals surface area (Å²) in [5, 5.41) is 4.04. The van der Waals surface area contributed by atoms with Crippen molar-refractivity contribution in [1.29, 1.82) is 0 Å². The second-order valence-electron chi connectivity index (χ2n) is 4.78. The lowest BCUT2D eigenvalue weighted by atomic mass is 10.1. The summed E-state index contributed by atoms with van der Waals surface area (Å²) in [5.41, 5.74) is 1.61. The van der Waals surface area contributed by atoms with Crippen molar-refractivity contribution in [2.45, 2.75) is 6.42 Å². The van der Waals surface area contributed by atoms with Crippen molar-refractivity contribution in [1.82, 2.24) is 14.8 Å². The Hall–Kier alpha value is -2.70. The fraction of sp³-hybridized carbons (Fsp3) is 0.286. The van der Waals surface area contributed by atoms with Gasteiger partial charge < -0.3 is 9.64 Å². The molecule has 7 heteroatoms. The van der Waals surface area contributed by atoms with Crippen LogP contribution in [0.4, 0.5) is 5.69 Å². The summed E-state index contributed by atoms with van der Waals surface area (Å²) >= 11 is 0. The van der Waals surface area contributed by atoms with E-state index in [2.05, 4.69) is 10.1 Å². The first-order valence-electron chi connectivity index (χ1n) is 6.52. The Morgan fingerprint density at radius 2 is 2.00 bits per heavy atom. The van der Waals surface area contributed by atoms with Gasteiger partial charge in [0.05, 0.1) is 18.7 Å². The van der Waals surface area contributed by atoms with E-state index < -0.39 is 5.92 Å². The molecule has 0 radical (unpaired) electrons. The van der Waals surface area contributed by atoms with E-state index in [1.807, 2.05) is 24.3 Å². The lowest BCUT2D eigenvalue weighted by Gasteiger charge is -2.16. The highest BCUT2D eigenvalue weighted by Gasteiger charge is 2.35. The Balaban J connectivity index is 1.78. The molecule has 21 heavy (non-hydrogen) atoms. The lowest BCUT2D eigenvalue weighted by molar-refractivity contribution is -0.145. The molecular formula is C14H14N4O3. The third-order valence-corrected chi connectivity index (χ3v) is 3.50. The van der Waals surface area contributed by atoms with E-state index in [4.69, 9.17) is 4.74 Å². The molecular weight excluding hydrogens is 272 g/mol. The number of rotatable bonds is 3. The number of ether oxygens (including phenoxy) is 1. The molecule has 1 saturated heterocycles. The summed E-state index contributed by atoms with van der Waals surface area (Å²) in [6.45, 7) is 0.355. The van der Waals surface area contributed by atoms with Crippen molar-refractivity contribution in [3.8, 4) is 5.69 Å². The Morgan fingerprint density at radius 1 is 1.29 bits per heavy atom. The summed E-state index contributed by atoms with van der Waals surface area (Å²) in [7, 11) is 1.34. The summed E-state index contributed by atoms with van der Waals surface area (Å²) in [4.78, 5) is 29.0. The number of benzene rings is 1. The van der Waals surface area contributed by atoms with Crippen LogP contribution in [0.2, 0.25) is 0 Å². The summed E-state index contributed by atoms with van der Waals surface area (Å²) in [6.07, 6.45) is 3.25. The van der Waals surface area contributed by atoms with Crippen LogP contribution in [0.5, 0.6) is 0 Å². The van der Waals surface area contributed by atoms with Gasteiger partial charge in [-0.2, -0.15) is 5.10 Å². The normalized spacial score (nSPS) is 18.0. The number of anilines is 1. The van der Waals surface area contributed by atoms with Gasteiger partial charge in [0.1, 0.15) is 12.7 Å². The highest BCUT2D eigenvalue weighted by Crippen LogP contribution is 2.26. The highest BCUT2D eigenvalue weighted by molar-refractivity contribution is 5.99. The third kappa shape index (κ3) is 2.49. The van der Waals surface area contributed by atoms with Crippen molar-refractivity contribution in [2.75, 3.05) is 18.6 Å². The predicted octanol–water partition coefficient (Wildman–Crippen LogP) is 0.793. The molecule has 0 aliphatic carbocycles. The van der Waals surface area contributed by atoms with Gasteiger partial charge in [0.2, 0.25) is 5.91 Å². The molecule has 2 aromatic rings. The SMILES string of the molecule is COC(=O)C1CC(=O)N(c2ccc(-n3cncn3)cc2)C1. The molecule has 3 rings (SSSR count). The summed E-state index contributed by atoms with van der Waals surface area (Å²) < 4.78 is 6.33. The lowest BCUT2D eigenvalue weighted by Crippen LogP contribution is -2.26. The molecule has 1 unspecified atom stereocenters. The first-order valence-corrected chi connectivity index (χ1v) is 6.52. The van der Waals surface area contributed by atoms with Crippen LogP contribution >= 0.6 is 0 Å². The molecule has 1 atom stereocenters. The molecule has 0 spiro atoms. The standard InChI is InChI=1S/C14H14N4O3/c1-21-14(20)10-6-13(19)17(7-10)11-2-4-12(5-3-11)18-9-15-8-16-18/h2-5,8-10H,6-7H2,1H3. The smallest absolute Gasteiger partial charge is 0.311 e. The molecule has 1 amide bonds. The number of carbonyl (C=O) groups is 2. The zero-order chi connectivity index (χ0) is 14.8. The average molecular weight is 286 g/mol. The molecule has 0 saturated carbocycles. The van der Waals surface area contributed by atoms with E-state index in [0.717, 1.165) is 11.4 Å². The number of esters is 1. The maximum atomic E-state index is 12.0. The van der Waals surface area contributed by atoms with E-state index >= 15 is 0 Å². The largest absolute Gasteiger partial charge is 0.469 e. The number of nitrogens with zero attached hydrogens (tertiary/aromatic N) is 4. The van der Waals surface area contributed by atoms with Gasteiger partial charge in [0.25, 0.3) is 0 Å². The minimum Gasteiger partial charge on any atom is -0.469 e. The van der Waals surface area contributed by atoms with Crippen LogP contribution in [0.3, 0.4) is 0 Å². The van der Waals surface area contributed by atoms with Crippen molar-refractivity contribution < 1.29 is 14.3 Å². The molecule has 1 fully saturated rings. The molecule has 1 aliphatic rings. The Labute approximate surface area is 121 Å². The number of carbonyl (C=O) groups excluding carboxylic acids is 2. The van der Waals surface area contributed by atoms with E-state index in [1.165, 1.54) is 13.4 Å². The fourth-order valence-corrected chi connectivity index (χ4v) is 2.41. The maximum absolute atomic E-state index is 12.0.